The van der Waals surface area contributed by atoms with Crippen LogP contribution in [0.25, 0.3) is 0 Å². The summed E-state index contributed by atoms with van der Waals surface area (Å²) in [6.45, 7) is 0.372. The van der Waals surface area contributed by atoms with Crippen molar-refractivity contribution < 1.29 is 31.1 Å². The normalized spacial score (nSPS) is 18.0. The number of halogens is 6. The van der Waals surface area contributed by atoms with Gasteiger partial charge in [-0.25, -0.2) is 4.79 Å². The first-order valence-corrected chi connectivity index (χ1v) is 8.89. The van der Waals surface area contributed by atoms with E-state index in [9.17, 15) is 31.1 Å². The van der Waals surface area contributed by atoms with Crippen LogP contribution >= 0.6 is 11.3 Å². The molecule has 1 saturated heterocycles. The molecule has 3 nitrogen and oxygen atoms in total. The molecule has 10 heteroatoms. The molecule has 1 N–H and O–H groups in total. The summed E-state index contributed by atoms with van der Waals surface area (Å²) in [7, 11) is 0. The predicted octanol–water partition coefficient (Wildman–Crippen LogP) is 6.15. The van der Waals surface area contributed by atoms with Crippen molar-refractivity contribution in [2.24, 2.45) is 0 Å². The van der Waals surface area contributed by atoms with Gasteiger partial charge >= 0.3 is 18.4 Å². The number of hydrogen-bond donors (Lipinski definition) is 1. The Morgan fingerprint density at radius 1 is 1.07 bits per heavy atom. The van der Waals surface area contributed by atoms with Crippen molar-refractivity contribution in [2.75, 3.05) is 11.9 Å². The molecule has 27 heavy (non-hydrogen) atoms. The van der Waals surface area contributed by atoms with Gasteiger partial charge in [-0.05, 0) is 53.4 Å². The van der Waals surface area contributed by atoms with E-state index in [4.69, 9.17) is 0 Å². The topological polar surface area (TPSA) is 32.3 Å². The van der Waals surface area contributed by atoms with Gasteiger partial charge in [0.2, 0.25) is 0 Å². The lowest BCUT2D eigenvalue weighted by Gasteiger charge is -2.25. The van der Waals surface area contributed by atoms with E-state index in [1.807, 2.05) is 16.8 Å². The molecule has 1 unspecified atom stereocenters. The highest BCUT2D eigenvalue weighted by molar-refractivity contribution is 7.08. The third-order valence-electron chi connectivity index (χ3n) is 4.28. The van der Waals surface area contributed by atoms with Crippen LogP contribution < -0.4 is 5.32 Å². The van der Waals surface area contributed by atoms with E-state index in [2.05, 4.69) is 5.32 Å². The van der Waals surface area contributed by atoms with Crippen molar-refractivity contribution >= 4 is 23.1 Å². The Morgan fingerprint density at radius 2 is 1.70 bits per heavy atom. The lowest BCUT2D eigenvalue weighted by molar-refractivity contribution is -0.143. The van der Waals surface area contributed by atoms with Gasteiger partial charge in [0, 0.05) is 12.2 Å². The van der Waals surface area contributed by atoms with Gasteiger partial charge in [-0.1, -0.05) is 0 Å². The smallest absolute Gasteiger partial charge is 0.317 e. The number of anilines is 1. The molecule has 2 amide bonds. The Morgan fingerprint density at radius 3 is 2.22 bits per heavy atom. The van der Waals surface area contributed by atoms with E-state index in [0.29, 0.717) is 31.5 Å². The zero-order valence-corrected chi connectivity index (χ0v) is 14.5. The minimum Gasteiger partial charge on any atom is -0.317 e. The molecule has 1 aromatic heterocycles. The number of likely N-dealkylation sites (tertiary alicyclic amines) is 1. The Balaban J connectivity index is 1.87. The van der Waals surface area contributed by atoms with Crippen molar-refractivity contribution in [3.8, 4) is 0 Å². The number of urea groups is 1. The quantitative estimate of drug-likeness (QED) is 0.594. The van der Waals surface area contributed by atoms with Gasteiger partial charge in [0.25, 0.3) is 0 Å². The number of rotatable bonds is 2. The zero-order valence-electron chi connectivity index (χ0n) is 13.7. The largest absolute Gasteiger partial charge is 0.416 e. The zero-order chi connectivity index (χ0) is 19.8. The highest BCUT2D eigenvalue weighted by Gasteiger charge is 2.37. The number of benzene rings is 1. The predicted molar refractivity (Wildman–Crippen MR) is 88.5 cm³/mol. The van der Waals surface area contributed by atoms with Crippen LogP contribution in [0, 0.1) is 0 Å². The summed E-state index contributed by atoms with van der Waals surface area (Å²) in [5, 5.41) is 5.89. The monoisotopic (exact) mass is 408 g/mol. The van der Waals surface area contributed by atoms with E-state index in [0.717, 1.165) is 5.56 Å². The molecule has 1 aromatic carbocycles. The van der Waals surface area contributed by atoms with Crippen molar-refractivity contribution in [3.63, 3.8) is 0 Å². The van der Waals surface area contributed by atoms with E-state index >= 15 is 0 Å². The Labute approximate surface area is 154 Å². The fourth-order valence-electron chi connectivity index (χ4n) is 3.04. The molecule has 0 saturated carbocycles. The van der Waals surface area contributed by atoms with Gasteiger partial charge in [-0.3, -0.25) is 0 Å². The van der Waals surface area contributed by atoms with Crippen molar-refractivity contribution in [1.29, 1.82) is 0 Å². The number of nitrogens with one attached hydrogen (secondary N) is 1. The number of amides is 2. The Bertz CT molecular complexity index is 784. The van der Waals surface area contributed by atoms with Crippen LogP contribution in [-0.4, -0.2) is 17.5 Å². The number of alkyl halides is 6. The second-order valence-corrected chi connectivity index (χ2v) is 6.91. The van der Waals surface area contributed by atoms with Gasteiger partial charge < -0.3 is 10.2 Å². The second kappa shape index (κ2) is 7.06. The number of thiophene rings is 1. The maximum atomic E-state index is 12.9. The molecule has 1 atom stereocenters. The van der Waals surface area contributed by atoms with Crippen LogP contribution in [0.5, 0.6) is 0 Å². The average Bonchev–Trinajstić information content (AvgIpc) is 3.24. The van der Waals surface area contributed by atoms with Crippen LogP contribution in [0.4, 0.5) is 36.8 Å². The van der Waals surface area contributed by atoms with Gasteiger partial charge in [0.05, 0.1) is 17.2 Å². The third-order valence-corrected chi connectivity index (χ3v) is 4.98. The van der Waals surface area contributed by atoms with Crippen LogP contribution in [0.1, 0.15) is 35.6 Å². The number of carbonyl (C=O) groups is 1. The van der Waals surface area contributed by atoms with Gasteiger partial charge in [-0.2, -0.15) is 37.7 Å². The molecule has 1 aliphatic heterocycles. The number of hydrogen-bond acceptors (Lipinski definition) is 2. The first-order valence-electron chi connectivity index (χ1n) is 7.95. The molecule has 2 heterocycles. The molecule has 0 radical (unpaired) electrons. The summed E-state index contributed by atoms with van der Waals surface area (Å²) in [4.78, 5) is 13.9. The summed E-state index contributed by atoms with van der Waals surface area (Å²) in [6, 6.07) is 1.90. The summed E-state index contributed by atoms with van der Waals surface area (Å²) in [5.74, 6) is 0. The van der Waals surface area contributed by atoms with Crippen molar-refractivity contribution in [3.05, 3.63) is 51.7 Å². The van der Waals surface area contributed by atoms with Crippen molar-refractivity contribution in [1.82, 2.24) is 4.90 Å². The SMILES string of the molecule is O=C(Nc1cc(C(F)(F)F)cc(C(F)(F)F)c1)N1CCCC1c1ccsc1. The molecule has 3 rings (SSSR count). The van der Waals surface area contributed by atoms with E-state index in [-0.39, 0.29) is 12.1 Å². The van der Waals surface area contributed by atoms with Crippen LogP contribution in [0.15, 0.2) is 35.0 Å². The second-order valence-electron chi connectivity index (χ2n) is 6.13. The summed E-state index contributed by atoms with van der Waals surface area (Å²) < 4.78 is 77.6. The highest BCUT2D eigenvalue weighted by atomic mass is 32.1. The third kappa shape index (κ3) is 4.37. The number of nitrogens with zero attached hydrogens (tertiary/aromatic N) is 1. The highest BCUT2D eigenvalue weighted by Crippen LogP contribution is 2.38. The summed E-state index contributed by atoms with van der Waals surface area (Å²) >= 11 is 1.45. The minimum atomic E-state index is -4.96. The molecule has 146 valence electrons. The summed E-state index contributed by atoms with van der Waals surface area (Å²) in [5.41, 5.74) is -2.59. The Kier molecular flexibility index (Phi) is 5.11. The molecule has 1 fully saturated rings. The molecule has 0 aliphatic carbocycles. The standard InChI is InChI=1S/C17H14F6N2OS/c18-16(19,20)11-6-12(17(21,22)23)8-13(7-11)24-15(26)25-4-1-2-14(25)10-3-5-27-9-10/h3,5-9,14H,1-2,4H2,(H,24,26). The first kappa shape index (κ1) is 19.5. The molecule has 2 aromatic rings. The number of carbonyl (C=O) groups excluding carboxylic acids is 1. The van der Waals surface area contributed by atoms with Gasteiger partial charge in [-0.15, -0.1) is 0 Å². The molecule has 0 bridgehead atoms. The van der Waals surface area contributed by atoms with E-state index in [1.165, 1.54) is 16.2 Å². The van der Waals surface area contributed by atoms with Crippen LogP contribution in [0.2, 0.25) is 0 Å². The maximum Gasteiger partial charge on any atom is 0.416 e. The van der Waals surface area contributed by atoms with E-state index < -0.39 is 35.2 Å². The first-order chi connectivity index (χ1) is 12.6. The summed E-state index contributed by atoms with van der Waals surface area (Å²) in [6.07, 6.45) is -8.55. The van der Waals surface area contributed by atoms with Crippen molar-refractivity contribution in [2.45, 2.75) is 31.2 Å². The average molecular weight is 408 g/mol. The fourth-order valence-corrected chi connectivity index (χ4v) is 3.75. The molecule has 0 spiro atoms. The fraction of sp³-hybridized carbons (Fsp3) is 0.353. The van der Waals surface area contributed by atoms with Gasteiger partial charge in [0.15, 0.2) is 0 Å². The maximum absolute atomic E-state index is 12.9. The lowest BCUT2D eigenvalue weighted by Crippen LogP contribution is -2.34. The van der Waals surface area contributed by atoms with E-state index in [1.54, 1.807) is 0 Å². The lowest BCUT2D eigenvalue weighted by atomic mass is 10.1. The molecular weight excluding hydrogens is 394 g/mol. The van der Waals surface area contributed by atoms with Crippen LogP contribution in [-0.2, 0) is 12.4 Å². The Hall–Kier alpha value is -2.23. The molecule has 1 aliphatic rings. The van der Waals surface area contributed by atoms with Crippen LogP contribution in [0.3, 0.4) is 0 Å². The minimum absolute atomic E-state index is 0.0275. The molecular formula is C17H14F6N2OS. The van der Waals surface area contributed by atoms with Gasteiger partial charge in [0.1, 0.15) is 0 Å².